The average molecular weight is 370 g/mol. The van der Waals surface area contributed by atoms with Gasteiger partial charge in [0.1, 0.15) is 4.90 Å². The number of carbonyl (C=O) groups excluding carboxylic acids is 2. The number of carbonyl (C=O) groups is 2. The van der Waals surface area contributed by atoms with Gasteiger partial charge in [0.15, 0.2) is 6.29 Å². The van der Waals surface area contributed by atoms with Crippen molar-refractivity contribution in [2.45, 2.75) is 4.90 Å². The van der Waals surface area contributed by atoms with Crippen molar-refractivity contribution < 1.29 is 22.2 Å². The minimum atomic E-state index is -4.55. The Labute approximate surface area is 149 Å². The van der Waals surface area contributed by atoms with E-state index in [4.69, 9.17) is 10.0 Å². The molecule has 0 aromatic heterocycles. The van der Waals surface area contributed by atoms with E-state index >= 15 is 0 Å². The zero-order valence-electron chi connectivity index (χ0n) is 13.4. The Hall–Kier alpha value is -3.23. The number of para-hydroxylation sites is 1. The van der Waals surface area contributed by atoms with Gasteiger partial charge >= 0.3 is 16.1 Å². The van der Waals surface area contributed by atoms with Crippen LogP contribution in [0.2, 0.25) is 0 Å². The highest BCUT2D eigenvalue weighted by molar-refractivity contribution is 7.87. The minimum absolute atomic E-state index is 0.0496. The van der Waals surface area contributed by atoms with Crippen molar-refractivity contribution in [1.29, 1.82) is 0 Å². The van der Waals surface area contributed by atoms with Crippen LogP contribution in [0.25, 0.3) is 10.8 Å². The maximum absolute atomic E-state index is 12.8. The Balaban J connectivity index is 2.10. The molecule has 0 fully saturated rings. The molecule has 7 nitrogen and oxygen atoms in total. The van der Waals surface area contributed by atoms with Gasteiger partial charge in [-0.2, -0.15) is 8.42 Å². The molecule has 0 amide bonds. The molecule has 0 saturated carbocycles. The number of anilines is 1. The molecule has 0 unspecified atom stereocenters. The topological polar surface area (TPSA) is 116 Å². The molecule has 3 rings (SSSR count). The molecule has 0 aliphatic rings. The van der Waals surface area contributed by atoms with Gasteiger partial charge in [0, 0.05) is 10.9 Å². The quantitative estimate of drug-likeness (QED) is 0.307. The molecule has 0 spiro atoms. The van der Waals surface area contributed by atoms with Gasteiger partial charge in [0.2, 0.25) is 0 Å². The molecule has 0 radical (unpaired) electrons. The summed E-state index contributed by atoms with van der Waals surface area (Å²) in [7, 11) is -4.55. The fourth-order valence-electron chi connectivity index (χ4n) is 2.60. The summed E-state index contributed by atoms with van der Waals surface area (Å²) >= 11 is 0. The number of nitrogen functional groups attached to an aromatic ring is 1. The first-order valence-electron chi connectivity index (χ1n) is 7.49. The van der Waals surface area contributed by atoms with Crippen molar-refractivity contribution >= 4 is 38.8 Å². The normalized spacial score (nSPS) is 11.1. The van der Waals surface area contributed by atoms with Gasteiger partial charge in [0.05, 0.1) is 11.3 Å². The Morgan fingerprint density at radius 1 is 1.00 bits per heavy atom. The largest absolute Gasteiger partial charge is 0.356 e. The molecule has 26 heavy (non-hydrogen) atoms. The van der Waals surface area contributed by atoms with Crippen LogP contribution in [0.15, 0.2) is 65.6 Å². The lowest BCUT2D eigenvalue weighted by atomic mass is 10.1. The third-order valence-corrected chi connectivity index (χ3v) is 5.10. The van der Waals surface area contributed by atoms with E-state index in [0.717, 1.165) is 0 Å². The maximum atomic E-state index is 12.8. The van der Waals surface area contributed by atoms with E-state index in [1.165, 1.54) is 18.2 Å². The Morgan fingerprint density at radius 2 is 1.69 bits per heavy atom. The maximum Gasteiger partial charge on any atom is 0.356 e. The third kappa shape index (κ3) is 3.15. The smallest absolute Gasteiger partial charge is 0.338 e. The summed E-state index contributed by atoms with van der Waals surface area (Å²) < 4.78 is 30.3. The number of hydrogen-bond donors (Lipinski definition) is 2. The number of hydrazine groups is 1. The molecular weight excluding hydrogens is 356 g/mol. The minimum Gasteiger partial charge on any atom is -0.338 e. The fraction of sp³-hybridized carbons (Fsp3) is 0. The van der Waals surface area contributed by atoms with Crippen molar-refractivity contribution in [3.63, 3.8) is 0 Å². The van der Waals surface area contributed by atoms with Gasteiger partial charge in [-0.15, -0.1) is 0 Å². The van der Waals surface area contributed by atoms with Gasteiger partial charge in [-0.25, -0.2) is 4.79 Å². The third-order valence-electron chi connectivity index (χ3n) is 3.77. The van der Waals surface area contributed by atoms with E-state index in [-0.39, 0.29) is 27.1 Å². The summed E-state index contributed by atoms with van der Waals surface area (Å²) in [6.45, 7) is 0. The first-order chi connectivity index (χ1) is 12.5. The predicted molar refractivity (Wildman–Crippen MR) is 96.2 cm³/mol. The van der Waals surface area contributed by atoms with Crippen molar-refractivity contribution in [1.82, 2.24) is 0 Å². The van der Waals surface area contributed by atoms with Crippen LogP contribution in [0, 0.1) is 0 Å². The summed E-state index contributed by atoms with van der Waals surface area (Å²) in [5.74, 6) is 4.22. The molecule has 3 aromatic carbocycles. The number of nitrogens with one attached hydrogen (secondary N) is 1. The number of nitrogens with two attached hydrogens (primary N) is 1. The Morgan fingerprint density at radius 3 is 2.42 bits per heavy atom. The molecule has 3 N–H and O–H groups in total. The van der Waals surface area contributed by atoms with Gasteiger partial charge in [-0.3, -0.25) is 10.6 Å². The van der Waals surface area contributed by atoms with Crippen LogP contribution in [0.1, 0.15) is 20.7 Å². The van der Waals surface area contributed by atoms with Crippen LogP contribution in [-0.2, 0) is 14.3 Å². The Bertz CT molecular complexity index is 1110. The first kappa shape index (κ1) is 17.6. The summed E-state index contributed by atoms with van der Waals surface area (Å²) in [5, 5.41) is 0.881. The number of hydrogen-bond acceptors (Lipinski definition) is 7. The van der Waals surface area contributed by atoms with Gasteiger partial charge in [0.25, 0.3) is 0 Å². The highest BCUT2D eigenvalue weighted by atomic mass is 32.2. The molecule has 0 saturated heterocycles. The summed E-state index contributed by atoms with van der Waals surface area (Å²) in [5.41, 5.74) is 2.37. The second-order valence-electron chi connectivity index (χ2n) is 5.34. The zero-order chi connectivity index (χ0) is 18.7. The standard InChI is InChI=1S/C18H14N2O5S/c19-20-16-8-4-3-7-15(16)18(22)25-26(23,24)17-13(11-21)10-9-12-5-1-2-6-14(12)17/h1-11,20H,19H2. The summed E-state index contributed by atoms with van der Waals surface area (Å²) in [6, 6.07) is 15.6. The van der Waals surface area contributed by atoms with Gasteiger partial charge in [-0.1, -0.05) is 42.5 Å². The van der Waals surface area contributed by atoms with Crippen LogP contribution >= 0.6 is 0 Å². The van der Waals surface area contributed by atoms with E-state index in [1.54, 1.807) is 42.5 Å². The molecule has 132 valence electrons. The number of benzene rings is 3. The highest BCUT2D eigenvalue weighted by Gasteiger charge is 2.27. The van der Waals surface area contributed by atoms with Gasteiger partial charge < -0.3 is 9.61 Å². The van der Waals surface area contributed by atoms with Crippen LogP contribution in [0.4, 0.5) is 5.69 Å². The Kier molecular flexibility index (Phi) is 4.70. The molecule has 0 heterocycles. The van der Waals surface area contributed by atoms with Crippen LogP contribution in [-0.4, -0.2) is 20.7 Å². The molecule has 0 atom stereocenters. The second-order valence-corrected chi connectivity index (χ2v) is 6.82. The van der Waals surface area contributed by atoms with Crippen molar-refractivity contribution in [2.75, 3.05) is 5.43 Å². The zero-order valence-corrected chi connectivity index (χ0v) is 14.2. The monoisotopic (exact) mass is 370 g/mol. The fourth-order valence-corrected chi connectivity index (χ4v) is 3.84. The van der Waals surface area contributed by atoms with Crippen LogP contribution < -0.4 is 11.3 Å². The summed E-state index contributed by atoms with van der Waals surface area (Å²) in [4.78, 5) is 23.4. The molecule has 0 bridgehead atoms. The van der Waals surface area contributed by atoms with Crippen LogP contribution in [0.3, 0.4) is 0 Å². The van der Waals surface area contributed by atoms with Gasteiger partial charge in [-0.05, 0) is 23.6 Å². The highest BCUT2D eigenvalue weighted by Crippen LogP contribution is 2.28. The molecule has 0 aliphatic carbocycles. The van der Waals surface area contributed by atoms with E-state index in [0.29, 0.717) is 11.7 Å². The van der Waals surface area contributed by atoms with E-state index in [2.05, 4.69) is 5.43 Å². The van der Waals surface area contributed by atoms with E-state index in [9.17, 15) is 18.0 Å². The number of rotatable bonds is 5. The lowest BCUT2D eigenvalue weighted by Gasteiger charge is -2.12. The summed E-state index contributed by atoms with van der Waals surface area (Å²) in [6.07, 6.45) is 0.405. The molecule has 0 aliphatic heterocycles. The van der Waals surface area contributed by atoms with Crippen molar-refractivity contribution in [3.05, 3.63) is 71.8 Å². The van der Waals surface area contributed by atoms with Crippen molar-refractivity contribution in [2.24, 2.45) is 5.84 Å². The lowest BCUT2D eigenvalue weighted by molar-refractivity contribution is 0.0747. The predicted octanol–water partition coefficient (Wildman–Crippen LogP) is 2.48. The molecule has 3 aromatic rings. The first-order valence-corrected chi connectivity index (χ1v) is 8.90. The average Bonchev–Trinajstić information content (AvgIpc) is 2.66. The lowest BCUT2D eigenvalue weighted by Crippen LogP contribution is -2.18. The van der Waals surface area contributed by atoms with E-state index < -0.39 is 16.1 Å². The second kappa shape index (κ2) is 6.95. The number of aldehydes is 1. The van der Waals surface area contributed by atoms with Crippen LogP contribution in [0.5, 0.6) is 0 Å². The molecular formula is C18H14N2O5S. The molecule has 8 heteroatoms. The van der Waals surface area contributed by atoms with Crippen molar-refractivity contribution in [3.8, 4) is 0 Å². The SMILES string of the molecule is NNc1ccccc1C(=O)OS(=O)(=O)c1c(C=O)ccc2ccccc12. The van der Waals surface area contributed by atoms with E-state index in [1.807, 2.05) is 0 Å². The number of fused-ring (bicyclic) bond motifs is 1.